The van der Waals surface area contributed by atoms with Crippen LogP contribution in [0.1, 0.15) is 17.0 Å². The lowest BCUT2D eigenvalue weighted by Crippen LogP contribution is -2.41. The Morgan fingerprint density at radius 1 is 0.892 bits per heavy atom. The van der Waals surface area contributed by atoms with Crippen LogP contribution in [0.15, 0.2) is 102 Å². The zero-order chi connectivity index (χ0) is 26.5. The van der Waals surface area contributed by atoms with E-state index in [0.717, 1.165) is 0 Å². The van der Waals surface area contributed by atoms with Crippen molar-refractivity contribution in [3.63, 3.8) is 0 Å². The molecule has 186 valence electrons. The number of methoxy groups -OCH3 is 2. The van der Waals surface area contributed by atoms with Gasteiger partial charge in [0.05, 0.1) is 43.0 Å². The second-order valence-corrected chi connectivity index (χ2v) is 8.17. The van der Waals surface area contributed by atoms with Crippen molar-refractivity contribution < 1.29 is 23.8 Å². The molecule has 1 atom stereocenters. The molecular weight excluding hydrogens is 470 g/mol. The van der Waals surface area contributed by atoms with Crippen LogP contribution in [0.5, 0.6) is 11.5 Å². The van der Waals surface area contributed by atoms with Crippen molar-refractivity contribution in [2.45, 2.75) is 12.8 Å². The van der Waals surface area contributed by atoms with Gasteiger partial charge in [-0.15, -0.1) is 0 Å². The highest BCUT2D eigenvalue weighted by atomic mass is 16.5. The number of nitrogens with two attached hydrogens (primary N) is 1. The number of allylic oxidation sites excluding steroid dienone is 1. The van der Waals surface area contributed by atoms with Crippen molar-refractivity contribution in [2.24, 2.45) is 5.73 Å². The number of benzene rings is 3. The summed E-state index contributed by atoms with van der Waals surface area (Å²) in [5, 5.41) is 10.2. The predicted molar refractivity (Wildman–Crippen MR) is 137 cm³/mol. The molecule has 0 radical (unpaired) electrons. The third-order valence-corrected chi connectivity index (χ3v) is 6.01. The van der Waals surface area contributed by atoms with Crippen molar-refractivity contribution in [1.29, 1.82) is 5.26 Å². The number of para-hydroxylation sites is 2. The summed E-state index contributed by atoms with van der Waals surface area (Å²) in [5.41, 5.74) is 8.14. The molecular formula is C29H25N3O5. The van der Waals surface area contributed by atoms with Crippen molar-refractivity contribution >= 4 is 17.6 Å². The highest BCUT2D eigenvalue weighted by Gasteiger charge is 2.44. The molecule has 1 unspecified atom stereocenters. The number of esters is 2. The Labute approximate surface area is 214 Å². The largest absolute Gasteiger partial charge is 0.466 e. The van der Waals surface area contributed by atoms with Crippen LogP contribution in [-0.4, -0.2) is 26.2 Å². The molecule has 3 aromatic carbocycles. The Morgan fingerprint density at radius 3 is 2.11 bits per heavy atom. The third-order valence-electron chi connectivity index (χ3n) is 6.01. The van der Waals surface area contributed by atoms with E-state index in [-0.39, 0.29) is 22.7 Å². The number of ether oxygens (including phenoxy) is 3. The van der Waals surface area contributed by atoms with Crippen LogP contribution in [0.3, 0.4) is 0 Å². The van der Waals surface area contributed by atoms with Gasteiger partial charge in [0.15, 0.2) is 5.75 Å². The van der Waals surface area contributed by atoms with E-state index in [9.17, 15) is 14.9 Å². The minimum atomic E-state index is -0.952. The van der Waals surface area contributed by atoms with Crippen molar-refractivity contribution in [1.82, 2.24) is 0 Å². The van der Waals surface area contributed by atoms with Gasteiger partial charge in [-0.3, -0.25) is 4.90 Å². The van der Waals surface area contributed by atoms with Gasteiger partial charge in [-0.25, -0.2) is 9.59 Å². The van der Waals surface area contributed by atoms with E-state index in [4.69, 9.17) is 19.9 Å². The topological polar surface area (TPSA) is 115 Å². The molecule has 0 amide bonds. The molecule has 1 heterocycles. The first-order chi connectivity index (χ1) is 17.9. The second kappa shape index (κ2) is 10.7. The van der Waals surface area contributed by atoms with E-state index < -0.39 is 17.9 Å². The van der Waals surface area contributed by atoms with E-state index in [1.807, 2.05) is 31.2 Å². The number of carbonyl (C=O) groups is 2. The molecule has 1 aliphatic rings. The zero-order valence-corrected chi connectivity index (χ0v) is 20.6. The van der Waals surface area contributed by atoms with Gasteiger partial charge in [0.2, 0.25) is 0 Å². The summed E-state index contributed by atoms with van der Waals surface area (Å²) >= 11 is 0. The summed E-state index contributed by atoms with van der Waals surface area (Å²) in [6.45, 7) is 1.81. The highest BCUT2D eigenvalue weighted by molar-refractivity contribution is 6.06. The lowest BCUT2D eigenvalue weighted by Gasteiger charge is -2.37. The lowest BCUT2D eigenvalue weighted by molar-refractivity contribution is -0.139. The van der Waals surface area contributed by atoms with Crippen LogP contribution in [0.2, 0.25) is 0 Å². The van der Waals surface area contributed by atoms with Gasteiger partial charge in [-0.1, -0.05) is 60.7 Å². The fourth-order valence-electron chi connectivity index (χ4n) is 4.36. The number of hydrogen-bond acceptors (Lipinski definition) is 8. The summed E-state index contributed by atoms with van der Waals surface area (Å²) in [5.74, 6) is -1.69. The molecule has 1 aliphatic heterocycles. The maximum Gasteiger partial charge on any atom is 0.355 e. The number of nitrogens with zero attached hydrogens (tertiary/aromatic N) is 2. The Bertz CT molecular complexity index is 1440. The Kier molecular flexibility index (Phi) is 7.26. The first kappa shape index (κ1) is 25.1. The summed E-state index contributed by atoms with van der Waals surface area (Å²) in [7, 11) is 2.42. The first-order valence-electron chi connectivity index (χ1n) is 11.4. The van der Waals surface area contributed by atoms with Crippen molar-refractivity contribution in [3.8, 4) is 17.6 Å². The molecule has 3 aromatic rings. The fraction of sp³-hybridized carbons (Fsp3) is 0.138. The zero-order valence-electron chi connectivity index (χ0n) is 20.6. The molecule has 0 fully saturated rings. The normalized spacial score (nSPS) is 15.2. The number of hydrogen-bond donors (Lipinski definition) is 1. The second-order valence-electron chi connectivity index (χ2n) is 8.17. The number of anilines is 1. The molecule has 8 heteroatoms. The van der Waals surface area contributed by atoms with Crippen LogP contribution in [0.4, 0.5) is 5.69 Å². The molecule has 4 rings (SSSR count). The maximum absolute atomic E-state index is 13.3. The van der Waals surface area contributed by atoms with E-state index in [0.29, 0.717) is 28.3 Å². The molecule has 0 spiro atoms. The quantitative estimate of drug-likeness (QED) is 0.490. The summed E-state index contributed by atoms with van der Waals surface area (Å²) in [4.78, 5) is 28.0. The standard InChI is InChI=1S/C29H25N3O5/c1-18-11-10-16-22(37-20-14-8-5-9-15-20)25(18)32-26(29(34)36-3)24(28(33)35-2)23(21(17-30)27(32)31)19-12-6-4-7-13-19/h4-16,23H,31H2,1-3H3. The minimum Gasteiger partial charge on any atom is -0.466 e. The van der Waals surface area contributed by atoms with Crippen LogP contribution in [0, 0.1) is 18.3 Å². The molecule has 0 saturated heterocycles. The van der Waals surface area contributed by atoms with Crippen molar-refractivity contribution in [3.05, 3.63) is 113 Å². The highest BCUT2D eigenvalue weighted by Crippen LogP contribution is 2.46. The molecule has 0 bridgehead atoms. The maximum atomic E-state index is 13.3. The summed E-state index contributed by atoms with van der Waals surface area (Å²) in [6, 6.07) is 25.4. The molecule has 0 saturated carbocycles. The van der Waals surface area contributed by atoms with Crippen LogP contribution >= 0.6 is 0 Å². The van der Waals surface area contributed by atoms with Gasteiger partial charge in [0.1, 0.15) is 17.3 Å². The van der Waals surface area contributed by atoms with Crippen molar-refractivity contribution in [2.75, 3.05) is 19.1 Å². The molecule has 0 aliphatic carbocycles. The Balaban J connectivity index is 2.06. The van der Waals surface area contributed by atoms with Gasteiger partial charge in [-0.05, 0) is 36.2 Å². The number of rotatable bonds is 6. The van der Waals surface area contributed by atoms with Gasteiger partial charge >= 0.3 is 11.9 Å². The van der Waals surface area contributed by atoms with Gasteiger partial charge in [-0.2, -0.15) is 5.26 Å². The number of nitriles is 1. The summed E-state index contributed by atoms with van der Waals surface area (Å²) < 4.78 is 16.4. The molecule has 2 N–H and O–H groups in total. The Hall–Kier alpha value is -5.03. The molecule has 37 heavy (non-hydrogen) atoms. The van der Waals surface area contributed by atoms with E-state index in [1.54, 1.807) is 54.6 Å². The predicted octanol–water partition coefficient (Wildman–Crippen LogP) is 4.69. The van der Waals surface area contributed by atoms with E-state index >= 15 is 0 Å². The molecule has 8 nitrogen and oxygen atoms in total. The monoisotopic (exact) mass is 495 g/mol. The van der Waals surface area contributed by atoms with E-state index in [2.05, 4.69) is 6.07 Å². The third kappa shape index (κ3) is 4.62. The average molecular weight is 496 g/mol. The average Bonchev–Trinajstić information content (AvgIpc) is 2.93. The van der Waals surface area contributed by atoms with E-state index in [1.165, 1.54) is 19.1 Å². The summed E-state index contributed by atoms with van der Waals surface area (Å²) in [6.07, 6.45) is 0. The number of aryl methyl sites for hydroxylation is 1. The first-order valence-corrected chi connectivity index (χ1v) is 11.4. The van der Waals surface area contributed by atoms with Crippen LogP contribution in [0.25, 0.3) is 0 Å². The van der Waals surface area contributed by atoms with Gasteiger partial charge in [0, 0.05) is 0 Å². The lowest BCUT2D eigenvalue weighted by atomic mass is 9.80. The van der Waals surface area contributed by atoms with Crippen LogP contribution < -0.4 is 15.4 Å². The SMILES string of the molecule is COC(=O)C1=C(C(=O)OC)N(c2c(C)cccc2Oc2ccccc2)C(N)=C(C#N)C1c1ccccc1. The van der Waals surface area contributed by atoms with Gasteiger partial charge < -0.3 is 19.9 Å². The van der Waals surface area contributed by atoms with Gasteiger partial charge in [0.25, 0.3) is 0 Å². The minimum absolute atomic E-state index is 0.0309. The smallest absolute Gasteiger partial charge is 0.355 e. The molecule has 0 aromatic heterocycles. The Morgan fingerprint density at radius 2 is 1.51 bits per heavy atom. The fourth-order valence-corrected chi connectivity index (χ4v) is 4.36. The van der Waals surface area contributed by atoms with Crippen LogP contribution in [-0.2, 0) is 19.1 Å². The number of carbonyl (C=O) groups excluding carboxylic acids is 2.